The number of carbonyl (C=O) groups excluding carboxylic acids is 1. The van der Waals surface area contributed by atoms with Crippen molar-refractivity contribution in [3.63, 3.8) is 0 Å². The lowest BCUT2D eigenvalue weighted by molar-refractivity contribution is -0.143. The minimum Gasteiger partial charge on any atom is -0.480 e. The number of hydrogen-bond donors (Lipinski definition) is 3. The third-order valence-corrected chi connectivity index (χ3v) is 3.11. The highest BCUT2D eigenvalue weighted by molar-refractivity contribution is 7.99. The fourth-order valence-electron chi connectivity index (χ4n) is 0.997. The van der Waals surface area contributed by atoms with Gasteiger partial charge in [0.05, 0.1) is 0 Å². The van der Waals surface area contributed by atoms with Crippen molar-refractivity contribution in [3.05, 3.63) is 0 Å². The maximum Gasteiger partial charge on any atom is 0.326 e. The zero-order valence-electron chi connectivity index (χ0n) is 9.60. The van der Waals surface area contributed by atoms with E-state index < -0.39 is 24.0 Å². The van der Waals surface area contributed by atoms with Crippen molar-refractivity contribution in [3.8, 4) is 0 Å². The second kappa shape index (κ2) is 8.41. The summed E-state index contributed by atoms with van der Waals surface area (Å²) >= 11 is 1.66. The van der Waals surface area contributed by atoms with Gasteiger partial charge >= 0.3 is 5.97 Å². The first-order valence-corrected chi connectivity index (χ1v) is 6.43. The number of aliphatic carboxylic acids is 1. The smallest absolute Gasteiger partial charge is 0.326 e. The molecule has 0 radical (unpaired) electrons. The number of amides is 1. The van der Waals surface area contributed by atoms with E-state index in [2.05, 4.69) is 12.2 Å². The topological polar surface area (TPSA) is 86.6 Å². The third-order valence-electron chi connectivity index (χ3n) is 1.89. The monoisotopic (exact) mass is 249 g/mol. The van der Waals surface area contributed by atoms with Gasteiger partial charge < -0.3 is 15.5 Å². The molecule has 6 heteroatoms. The minimum atomic E-state index is -1.18. The van der Waals surface area contributed by atoms with E-state index >= 15 is 0 Å². The van der Waals surface area contributed by atoms with Crippen molar-refractivity contribution in [1.82, 2.24) is 5.32 Å². The van der Waals surface area contributed by atoms with Crippen molar-refractivity contribution < 1.29 is 19.8 Å². The third kappa shape index (κ3) is 6.68. The van der Waals surface area contributed by atoms with Crippen LogP contribution in [-0.2, 0) is 9.59 Å². The molecule has 0 saturated carbocycles. The molecule has 1 amide bonds. The van der Waals surface area contributed by atoms with Crippen LogP contribution in [0.4, 0.5) is 0 Å². The Kier molecular flexibility index (Phi) is 8.01. The van der Waals surface area contributed by atoms with Gasteiger partial charge in [-0.05, 0) is 31.3 Å². The number of aliphatic hydroxyl groups excluding tert-OH is 1. The van der Waals surface area contributed by atoms with Crippen LogP contribution in [-0.4, -0.2) is 45.7 Å². The fraction of sp³-hybridized carbons (Fsp3) is 0.800. The molecule has 2 unspecified atom stereocenters. The maximum atomic E-state index is 11.1. The summed E-state index contributed by atoms with van der Waals surface area (Å²) in [6.45, 7) is 3.36. The molecule has 0 rings (SSSR count). The minimum absolute atomic E-state index is 0.373. The van der Waals surface area contributed by atoms with Gasteiger partial charge in [0.15, 0.2) is 0 Å². The van der Waals surface area contributed by atoms with Gasteiger partial charge in [-0.1, -0.05) is 6.92 Å². The first kappa shape index (κ1) is 15.2. The van der Waals surface area contributed by atoms with Crippen molar-refractivity contribution >= 4 is 23.6 Å². The lowest BCUT2D eigenvalue weighted by Gasteiger charge is -2.15. The number of carboxylic acids is 1. The quantitative estimate of drug-likeness (QED) is 0.544. The Morgan fingerprint density at radius 3 is 2.44 bits per heavy atom. The van der Waals surface area contributed by atoms with Crippen LogP contribution in [0.3, 0.4) is 0 Å². The van der Waals surface area contributed by atoms with Gasteiger partial charge in [-0.25, -0.2) is 4.79 Å². The number of carboxylic acid groups (broad SMARTS) is 1. The van der Waals surface area contributed by atoms with Gasteiger partial charge in [-0.2, -0.15) is 11.8 Å². The summed E-state index contributed by atoms with van der Waals surface area (Å²) in [4.78, 5) is 21.9. The molecular weight excluding hydrogens is 230 g/mol. The molecule has 0 aromatic rings. The van der Waals surface area contributed by atoms with E-state index in [0.29, 0.717) is 12.2 Å². The first-order valence-electron chi connectivity index (χ1n) is 5.28. The molecule has 5 nitrogen and oxygen atoms in total. The first-order chi connectivity index (χ1) is 7.49. The van der Waals surface area contributed by atoms with Crippen molar-refractivity contribution in [2.24, 2.45) is 0 Å². The Morgan fingerprint density at radius 1 is 1.38 bits per heavy atom. The zero-order chi connectivity index (χ0) is 12.6. The van der Waals surface area contributed by atoms with Gasteiger partial charge in [0.1, 0.15) is 12.1 Å². The Balaban J connectivity index is 3.98. The number of hydrogen-bond acceptors (Lipinski definition) is 4. The predicted octanol–water partition coefficient (Wildman–Crippen LogP) is 0.470. The van der Waals surface area contributed by atoms with Gasteiger partial charge in [-0.15, -0.1) is 0 Å². The lowest BCUT2D eigenvalue weighted by Crippen LogP contribution is -2.45. The number of rotatable bonds is 8. The number of aliphatic hydroxyl groups is 1. The molecule has 0 bridgehead atoms. The zero-order valence-corrected chi connectivity index (χ0v) is 10.4. The average Bonchev–Trinajstić information content (AvgIpc) is 2.21. The lowest BCUT2D eigenvalue weighted by atomic mass is 10.2. The maximum absolute atomic E-state index is 11.1. The molecule has 0 aliphatic carbocycles. The summed E-state index contributed by atoms with van der Waals surface area (Å²) in [5, 5.41) is 20.1. The second-order valence-corrected chi connectivity index (χ2v) is 4.70. The largest absolute Gasteiger partial charge is 0.480 e. The Hall–Kier alpha value is -0.750. The summed E-state index contributed by atoms with van der Waals surface area (Å²) < 4.78 is 0. The second-order valence-electron chi connectivity index (χ2n) is 3.48. The van der Waals surface area contributed by atoms with Crippen molar-refractivity contribution in [2.45, 2.75) is 38.8 Å². The van der Waals surface area contributed by atoms with Crippen LogP contribution in [0.2, 0.25) is 0 Å². The molecular formula is C10H19NO4S. The SMILES string of the molecule is CCCSCCC(NC(=O)C(C)O)C(=O)O. The highest BCUT2D eigenvalue weighted by Crippen LogP contribution is 2.06. The normalized spacial score (nSPS) is 14.2. The fourth-order valence-corrected chi connectivity index (χ4v) is 1.89. The van der Waals surface area contributed by atoms with E-state index in [1.165, 1.54) is 6.92 Å². The Bertz CT molecular complexity index is 233. The van der Waals surface area contributed by atoms with Gasteiger partial charge in [0, 0.05) is 0 Å². The van der Waals surface area contributed by atoms with E-state index in [1.54, 1.807) is 11.8 Å². The van der Waals surface area contributed by atoms with Crippen LogP contribution in [0.25, 0.3) is 0 Å². The van der Waals surface area contributed by atoms with E-state index in [1.807, 2.05) is 0 Å². The predicted molar refractivity (Wildman–Crippen MR) is 63.5 cm³/mol. The summed E-state index contributed by atoms with van der Waals surface area (Å²) in [7, 11) is 0. The van der Waals surface area contributed by atoms with Crippen molar-refractivity contribution in [1.29, 1.82) is 0 Å². The van der Waals surface area contributed by atoms with Crippen LogP contribution < -0.4 is 5.32 Å². The Morgan fingerprint density at radius 2 is 2.00 bits per heavy atom. The molecule has 0 spiro atoms. The molecule has 0 saturated heterocycles. The van der Waals surface area contributed by atoms with E-state index in [0.717, 1.165) is 12.2 Å². The van der Waals surface area contributed by atoms with Crippen molar-refractivity contribution in [2.75, 3.05) is 11.5 Å². The summed E-state index contributed by atoms with van der Waals surface area (Å²) in [5.41, 5.74) is 0. The molecule has 0 aliphatic heterocycles. The van der Waals surface area contributed by atoms with Gasteiger partial charge in [0.25, 0.3) is 0 Å². The van der Waals surface area contributed by atoms with E-state index in [4.69, 9.17) is 10.2 Å². The highest BCUT2D eigenvalue weighted by Gasteiger charge is 2.21. The standard InChI is InChI=1S/C10H19NO4S/c1-3-5-16-6-4-8(10(14)15)11-9(13)7(2)12/h7-8,12H,3-6H2,1-2H3,(H,11,13)(H,14,15). The molecule has 3 N–H and O–H groups in total. The van der Waals surface area contributed by atoms with Crippen LogP contribution >= 0.6 is 11.8 Å². The molecule has 0 aliphatic rings. The summed E-state index contributed by atoms with van der Waals surface area (Å²) in [5.74, 6) is -0.0410. The highest BCUT2D eigenvalue weighted by atomic mass is 32.2. The van der Waals surface area contributed by atoms with Crippen LogP contribution in [0.5, 0.6) is 0 Å². The molecule has 0 aromatic heterocycles. The molecule has 0 aromatic carbocycles. The number of nitrogens with one attached hydrogen (secondary N) is 1. The molecule has 0 heterocycles. The summed E-state index contributed by atoms with van der Waals surface area (Å²) in [6, 6.07) is -0.911. The molecule has 0 fully saturated rings. The van der Waals surface area contributed by atoms with Crippen LogP contribution in [0.1, 0.15) is 26.7 Å². The average molecular weight is 249 g/mol. The Labute approximate surface area is 99.6 Å². The van der Waals surface area contributed by atoms with Gasteiger partial charge in [-0.3, -0.25) is 4.79 Å². The van der Waals surface area contributed by atoms with E-state index in [-0.39, 0.29) is 0 Å². The number of thioether (sulfide) groups is 1. The van der Waals surface area contributed by atoms with Crippen LogP contribution in [0, 0.1) is 0 Å². The number of carbonyl (C=O) groups is 2. The molecule has 2 atom stereocenters. The van der Waals surface area contributed by atoms with E-state index in [9.17, 15) is 9.59 Å². The molecule has 94 valence electrons. The molecule has 16 heavy (non-hydrogen) atoms. The van der Waals surface area contributed by atoms with Crippen LogP contribution in [0.15, 0.2) is 0 Å². The van der Waals surface area contributed by atoms with Gasteiger partial charge in [0.2, 0.25) is 5.91 Å². The summed E-state index contributed by atoms with van der Waals surface area (Å²) in [6.07, 6.45) is 0.242.